The molecule has 2 rings (SSSR count). The normalized spacial score (nSPS) is 23.9. The quantitative estimate of drug-likeness (QED) is 0.870. The van der Waals surface area contributed by atoms with E-state index in [1.54, 1.807) is 12.4 Å². The van der Waals surface area contributed by atoms with Crippen LogP contribution in [0.2, 0.25) is 0 Å². The van der Waals surface area contributed by atoms with E-state index in [4.69, 9.17) is 0 Å². The van der Waals surface area contributed by atoms with Gasteiger partial charge in [-0.05, 0) is 18.8 Å². The van der Waals surface area contributed by atoms with Crippen LogP contribution in [0.1, 0.15) is 25.2 Å². The van der Waals surface area contributed by atoms with E-state index < -0.39 is 10.0 Å². The summed E-state index contributed by atoms with van der Waals surface area (Å²) < 4.78 is 25.8. The summed E-state index contributed by atoms with van der Waals surface area (Å²) in [5.74, 6) is 0.744. The lowest BCUT2D eigenvalue weighted by molar-refractivity contribution is 0.292. The van der Waals surface area contributed by atoms with E-state index >= 15 is 0 Å². The molecule has 1 aromatic heterocycles. The summed E-state index contributed by atoms with van der Waals surface area (Å²) in [7, 11) is -3.18. The zero-order valence-electron chi connectivity index (χ0n) is 13.1. The van der Waals surface area contributed by atoms with Gasteiger partial charge in [0.1, 0.15) is 0 Å². The van der Waals surface area contributed by atoms with Gasteiger partial charge in [0.25, 0.3) is 0 Å². The zero-order valence-corrected chi connectivity index (χ0v) is 13.9. The molecule has 1 aliphatic heterocycles. The fourth-order valence-corrected chi connectivity index (χ4v) is 3.72. The Hall–Kier alpha value is -1.05. The van der Waals surface area contributed by atoms with Crippen molar-refractivity contribution >= 4 is 10.0 Å². The highest BCUT2D eigenvalue weighted by Crippen LogP contribution is 2.26. The molecule has 0 aliphatic carbocycles. The summed E-state index contributed by atoms with van der Waals surface area (Å²) in [5.41, 5.74) is 1.89. The second-order valence-electron chi connectivity index (χ2n) is 6.19. The van der Waals surface area contributed by atoms with Gasteiger partial charge in [0.15, 0.2) is 0 Å². The second-order valence-corrected chi connectivity index (χ2v) is 7.97. The molecule has 1 saturated heterocycles. The van der Waals surface area contributed by atoms with Crippen molar-refractivity contribution in [1.82, 2.24) is 19.6 Å². The van der Waals surface area contributed by atoms with Gasteiger partial charge in [-0.1, -0.05) is 13.8 Å². The Balaban J connectivity index is 2.08. The second kappa shape index (κ2) is 6.37. The number of hydrogen-bond donors (Lipinski definition) is 1. The molecule has 0 saturated carbocycles. The molecule has 0 unspecified atom stereocenters. The molecule has 7 heteroatoms. The van der Waals surface area contributed by atoms with Crippen molar-refractivity contribution in [3.8, 4) is 0 Å². The molecule has 0 spiro atoms. The summed E-state index contributed by atoms with van der Waals surface area (Å²) >= 11 is 0. The van der Waals surface area contributed by atoms with Crippen LogP contribution >= 0.6 is 0 Å². The number of nitrogens with one attached hydrogen (secondary N) is 1. The van der Waals surface area contributed by atoms with Crippen LogP contribution in [0.15, 0.2) is 12.4 Å². The maximum atomic E-state index is 11.5. The van der Waals surface area contributed by atoms with Gasteiger partial charge in [0, 0.05) is 38.1 Å². The molecule has 0 amide bonds. The molecule has 1 N–H and O–H groups in total. The topological polar surface area (TPSA) is 75.2 Å². The average molecular weight is 312 g/mol. The van der Waals surface area contributed by atoms with E-state index in [0.29, 0.717) is 24.9 Å². The lowest BCUT2D eigenvalue weighted by Crippen LogP contribution is -2.41. The average Bonchev–Trinajstić information content (AvgIpc) is 2.73. The Kier molecular flexibility index (Phi) is 4.95. The molecule has 118 valence electrons. The van der Waals surface area contributed by atoms with Gasteiger partial charge in [-0.15, -0.1) is 0 Å². The van der Waals surface area contributed by atoms with Crippen LogP contribution in [0.4, 0.5) is 0 Å². The smallest absolute Gasteiger partial charge is 0.209 e. The first-order chi connectivity index (χ1) is 9.76. The van der Waals surface area contributed by atoms with Crippen molar-refractivity contribution in [2.45, 2.75) is 33.4 Å². The standard InChI is InChI=1S/C14H24N4O2S/c1-10(2)12-7-18(9-14(12)17-21(4,19)20)8-13-11(3)15-5-6-16-13/h5-6,10,12,14,17H,7-9H2,1-4H3/t12-,14+/m1/s1. The van der Waals surface area contributed by atoms with Crippen LogP contribution in [-0.2, 0) is 16.6 Å². The van der Waals surface area contributed by atoms with E-state index in [2.05, 4.69) is 33.4 Å². The molecule has 0 bridgehead atoms. The largest absolute Gasteiger partial charge is 0.296 e. The first-order valence-electron chi connectivity index (χ1n) is 7.22. The van der Waals surface area contributed by atoms with Crippen LogP contribution in [0, 0.1) is 18.8 Å². The number of aryl methyl sites for hydroxylation is 1. The van der Waals surface area contributed by atoms with Gasteiger partial charge in [-0.3, -0.25) is 14.9 Å². The number of aromatic nitrogens is 2. The highest BCUT2D eigenvalue weighted by molar-refractivity contribution is 7.88. The highest BCUT2D eigenvalue weighted by Gasteiger charge is 2.36. The van der Waals surface area contributed by atoms with Gasteiger partial charge in [-0.25, -0.2) is 13.1 Å². The number of hydrogen-bond acceptors (Lipinski definition) is 5. The van der Waals surface area contributed by atoms with E-state index in [0.717, 1.165) is 17.9 Å². The number of likely N-dealkylation sites (tertiary alicyclic amines) is 1. The van der Waals surface area contributed by atoms with Crippen molar-refractivity contribution in [2.75, 3.05) is 19.3 Å². The third-order valence-corrected chi connectivity index (χ3v) is 4.75. The van der Waals surface area contributed by atoms with Crippen LogP contribution in [0.5, 0.6) is 0 Å². The van der Waals surface area contributed by atoms with E-state index in [1.807, 2.05) is 6.92 Å². The summed E-state index contributed by atoms with van der Waals surface area (Å²) in [6.07, 6.45) is 4.61. The summed E-state index contributed by atoms with van der Waals surface area (Å²) in [5, 5.41) is 0. The Labute approximate surface area is 127 Å². The Morgan fingerprint density at radius 2 is 2.00 bits per heavy atom. The van der Waals surface area contributed by atoms with Crippen LogP contribution in [-0.4, -0.2) is 48.7 Å². The van der Waals surface area contributed by atoms with E-state index in [9.17, 15) is 8.42 Å². The monoisotopic (exact) mass is 312 g/mol. The molecule has 0 radical (unpaired) electrons. The lowest BCUT2D eigenvalue weighted by Gasteiger charge is -2.21. The molecule has 1 fully saturated rings. The highest BCUT2D eigenvalue weighted by atomic mass is 32.2. The zero-order chi connectivity index (χ0) is 15.6. The van der Waals surface area contributed by atoms with Crippen molar-refractivity contribution < 1.29 is 8.42 Å². The fraction of sp³-hybridized carbons (Fsp3) is 0.714. The fourth-order valence-electron chi connectivity index (χ4n) is 2.92. The van der Waals surface area contributed by atoms with Gasteiger partial charge in [-0.2, -0.15) is 0 Å². The Bertz CT molecular complexity index is 588. The summed E-state index contributed by atoms with van der Waals surface area (Å²) in [6, 6.07) is -0.0306. The van der Waals surface area contributed by atoms with Gasteiger partial charge in [0.05, 0.1) is 17.6 Å². The van der Waals surface area contributed by atoms with Crippen LogP contribution in [0.3, 0.4) is 0 Å². The predicted molar refractivity (Wildman–Crippen MR) is 82.1 cm³/mol. The van der Waals surface area contributed by atoms with Crippen molar-refractivity contribution in [3.63, 3.8) is 0 Å². The van der Waals surface area contributed by atoms with Crippen LogP contribution < -0.4 is 4.72 Å². The molecule has 1 aliphatic rings. The van der Waals surface area contributed by atoms with Gasteiger partial charge in [0.2, 0.25) is 10.0 Å². The lowest BCUT2D eigenvalue weighted by atomic mass is 9.92. The first-order valence-corrected chi connectivity index (χ1v) is 9.11. The first kappa shape index (κ1) is 16.3. The third-order valence-electron chi connectivity index (χ3n) is 4.02. The van der Waals surface area contributed by atoms with Crippen molar-refractivity contribution in [1.29, 1.82) is 0 Å². The van der Waals surface area contributed by atoms with E-state index in [1.165, 1.54) is 6.26 Å². The molecular formula is C14H24N4O2S. The number of nitrogens with zero attached hydrogens (tertiary/aromatic N) is 3. The third kappa shape index (κ3) is 4.46. The predicted octanol–water partition coefficient (Wildman–Crippen LogP) is 0.791. The summed E-state index contributed by atoms with van der Waals surface area (Å²) in [4.78, 5) is 10.9. The van der Waals surface area contributed by atoms with Gasteiger partial charge >= 0.3 is 0 Å². The molecular weight excluding hydrogens is 288 g/mol. The molecule has 2 atom stereocenters. The van der Waals surface area contributed by atoms with Crippen LogP contribution in [0.25, 0.3) is 0 Å². The molecule has 1 aromatic rings. The minimum absolute atomic E-state index is 0.0306. The van der Waals surface area contributed by atoms with Crippen molar-refractivity contribution in [3.05, 3.63) is 23.8 Å². The number of sulfonamides is 1. The van der Waals surface area contributed by atoms with Gasteiger partial charge < -0.3 is 0 Å². The molecule has 0 aromatic carbocycles. The maximum Gasteiger partial charge on any atom is 0.209 e. The minimum atomic E-state index is -3.18. The van der Waals surface area contributed by atoms with E-state index in [-0.39, 0.29) is 6.04 Å². The SMILES string of the molecule is Cc1nccnc1CN1C[C@H](NS(C)(=O)=O)[C@@H](C(C)C)C1. The molecule has 2 heterocycles. The summed E-state index contributed by atoms with van der Waals surface area (Å²) in [6.45, 7) is 8.53. The number of rotatable bonds is 5. The maximum absolute atomic E-state index is 11.5. The Morgan fingerprint density at radius 3 is 2.57 bits per heavy atom. The molecule has 6 nitrogen and oxygen atoms in total. The minimum Gasteiger partial charge on any atom is -0.296 e. The van der Waals surface area contributed by atoms with Crippen molar-refractivity contribution in [2.24, 2.45) is 11.8 Å². The Morgan fingerprint density at radius 1 is 1.33 bits per heavy atom. The molecule has 21 heavy (non-hydrogen) atoms.